The van der Waals surface area contributed by atoms with Gasteiger partial charge in [0.2, 0.25) is 0 Å². The summed E-state index contributed by atoms with van der Waals surface area (Å²) in [5.41, 5.74) is 0. The Morgan fingerprint density at radius 3 is 0.675 bits per heavy atom. The predicted molar refractivity (Wildman–Crippen MR) is 362 cm³/mol. The van der Waals surface area contributed by atoms with Gasteiger partial charge in [0.1, 0.15) is 13.2 Å². The monoisotopic (exact) mass is 1160 g/mol. The van der Waals surface area contributed by atoms with Crippen LogP contribution in [0.3, 0.4) is 0 Å². The lowest BCUT2D eigenvalue weighted by Gasteiger charge is -2.18. The molecular formula is C77H140O6. The highest BCUT2D eigenvalue weighted by Gasteiger charge is 2.19. The first-order valence-electron chi connectivity index (χ1n) is 36.8. The van der Waals surface area contributed by atoms with Crippen LogP contribution in [0, 0.1) is 0 Å². The minimum absolute atomic E-state index is 0.0743. The highest BCUT2D eigenvalue weighted by atomic mass is 16.6. The minimum Gasteiger partial charge on any atom is -0.462 e. The molecule has 0 saturated heterocycles. The van der Waals surface area contributed by atoms with Crippen molar-refractivity contribution in [1.82, 2.24) is 0 Å². The number of hydrogen-bond acceptors (Lipinski definition) is 6. The molecule has 0 aliphatic heterocycles. The summed E-state index contributed by atoms with van der Waals surface area (Å²) < 4.78 is 17.0. The average Bonchev–Trinajstić information content (AvgIpc) is 3.49. The van der Waals surface area contributed by atoms with Crippen molar-refractivity contribution in [3.05, 3.63) is 60.8 Å². The molecule has 0 fully saturated rings. The molecule has 0 amide bonds. The average molecular weight is 1160 g/mol. The van der Waals surface area contributed by atoms with E-state index < -0.39 is 6.10 Å². The van der Waals surface area contributed by atoms with Crippen molar-refractivity contribution in [2.45, 2.75) is 399 Å². The molecular weight excluding hydrogens is 1020 g/mol. The van der Waals surface area contributed by atoms with E-state index in [1.165, 1.54) is 270 Å². The predicted octanol–water partition coefficient (Wildman–Crippen LogP) is 25.5. The quantitative estimate of drug-likeness (QED) is 0.0261. The first-order valence-corrected chi connectivity index (χ1v) is 36.8. The number of carbonyl (C=O) groups is 3. The van der Waals surface area contributed by atoms with Crippen molar-refractivity contribution in [1.29, 1.82) is 0 Å². The van der Waals surface area contributed by atoms with Crippen LogP contribution in [0.25, 0.3) is 0 Å². The van der Waals surface area contributed by atoms with E-state index in [9.17, 15) is 14.4 Å². The fourth-order valence-corrected chi connectivity index (χ4v) is 11.0. The Morgan fingerprint density at radius 2 is 0.434 bits per heavy atom. The molecule has 6 heteroatoms. The Kier molecular flexibility index (Phi) is 69.1. The maximum atomic E-state index is 13.0. The number of carbonyl (C=O) groups excluding carboxylic acids is 3. The Balaban J connectivity index is 4.36. The Hall–Kier alpha value is -2.89. The molecule has 0 spiro atoms. The van der Waals surface area contributed by atoms with Gasteiger partial charge in [-0.05, 0) is 89.9 Å². The van der Waals surface area contributed by atoms with Gasteiger partial charge in [0.15, 0.2) is 6.10 Å². The van der Waals surface area contributed by atoms with Crippen LogP contribution < -0.4 is 0 Å². The molecule has 0 aromatic carbocycles. The van der Waals surface area contributed by atoms with Gasteiger partial charge in [-0.15, -0.1) is 0 Å². The number of ether oxygens (including phenoxy) is 3. The summed E-state index contributed by atoms with van der Waals surface area (Å²) in [5.74, 6) is -0.859. The third-order valence-electron chi connectivity index (χ3n) is 16.5. The van der Waals surface area contributed by atoms with Crippen molar-refractivity contribution in [2.75, 3.05) is 13.2 Å². The van der Waals surface area contributed by atoms with Gasteiger partial charge >= 0.3 is 17.9 Å². The standard InChI is InChI=1S/C77H140O6/c1-4-7-10-13-16-19-22-25-28-31-34-37-38-41-43-46-49-52-55-58-61-64-67-70-76(79)82-73-74(83-77(80)71-68-65-62-59-56-53-50-47-44-40-36-33-30-27-24-21-18-15-12-9-6-3)72-81-75(78)69-66-63-60-57-54-51-48-45-42-39-35-32-29-26-23-20-17-14-11-8-5-2/h22,24-25,27,31,33-34,36,38,41,74H,4-21,23,26,28-30,32,35,37,39-40,42-73H2,1-3H3/b25-22-,27-24-,34-31-,36-33-,41-38-. The molecule has 0 saturated carbocycles. The molecule has 0 aliphatic rings. The van der Waals surface area contributed by atoms with Crippen molar-refractivity contribution in [3.8, 4) is 0 Å². The van der Waals surface area contributed by atoms with Gasteiger partial charge in [0.25, 0.3) is 0 Å². The number of esters is 3. The SMILES string of the molecule is CCCCCCC/C=C\C/C=C\C/C=C\CCCCCCCCCCC(=O)OCC(COC(=O)CCCCCCCCCCCCCCCCCCCCCCC)OC(=O)CCCCCCCCCCC/C=C\C/C=C\CCCCCCC. The second-order valence-electron chi connectivity index (χ2n) is 24.9. The van der Waals surface area contributed by atoms with E-state index in [1.54, 1.807) is 0 Å². The lowest BCUT2D eigenvalue weighted by atomic mass is 10.0. The smallest absolute Gasteiger partial charge is 0.306 e. The van der Waals surface area contributed by atoms with Crippen molar-refractivity contribution in [3.63, 3.8) is 0 Å². The van der Waals surface area contributed by atoms with Crippen molar-refractivity contribution >= 4 is 17.9 Å². The van der Waals surface area contributed by atoms with E-state index in [0.717, 1.165) is 83.5 Å². The first-order chi connectivity index (χ1) is 41.0. The summed E-state index contributed by atoms with van der Waals surface area (Å²) >= 11 is 0. The number of rotatable bonds is 68. The Morgan fingerprint density at radius 1 is 0.241 bits per heavy atom. The molecule has 484 valence electrons. The van der Waals surface area contributed by atoms with Crippen molar-refractivity contribution < 1.29 is 28.6 Å². The van der Waals surface area contributed by atoms with Crippen LogP contribution in [0.2, 0.25) is 0 Å². The van der Waals surface area contributed by atoms with Gasteiger partial charge in [-0.1, -0.05) is 345 Å². The number of unbranched alkanes of at least 4 members (excludes halogenated alkanes) is 47. The van der Waals surface area contributed by atoms with Gasteiger partial charge < -0.3 is 14.2 Å². The van der Waals surface area contributed by atoms with Crippen LogP contribution >= 0.6 is 0 Å². The van der Waals surface area contributed by atoms with E-state index in [1.807, 2.05) is 0 Å². The van der Waals surface area contributed by atoms with E-state index >= 15 is 0 Å². The van der Waals surface area contributed by atoms with Gasteiger partial charge in [0, 0.05) is 19.3 Å². The van der Waals surface area contributed by atoms with Gasteiger partial charge in [0.05, 0.1) is 0 Å². The van der Waals surface area contributed by atoms with Crippen LogP contribution in [0.5, 0.6) is 0 Å². The maximum absolute atomic E-state index is 13.0. The van der Waals surface area contributed by atoms with Gasteiger partial charge in [-0.3, -0.25) is 14.4 Å². The summed E-state index contributed by atoms with van der Waals surface area (Å²) in [6.45, 7) is 6.68. The second-order valence-corrected chi connectivity index (χ2v) is 24.9. The second kappa shape index (κ2) is 71.6. The van der Waals surface area contributed by atoms with E-state index in [0.29, 0.717) is 19.3 Å². The van der Waals surface area contributed by atoms with Crippen LogP contribution in [-0.2, 0) is 28.6 Å². The van der Waals surface area contributed by atoms with Crippen LogP contribution in [0.1, 0.15) is 393 Å². The van der Waals surface area contributed by atoms with Crippen molar-refractivity contribution in [2.24, 2.45) is 0 Å². The van der Waals surface area contributed by atoms with Gasteiger partial charge in [-0.2, -0.15) is 0 Å². The molecule has 1 unspecified atom stereocenters. The summed E-state index contributed by atoms with van der Waals surface area (Å²) in [7, 11) is 0. The molecule has 0 aliphatic carbocycles. The minimum atomic E-state index is -0.781. The number of hydrogen-bond donors (Lipinski definition) is 0. The molecule has 0 rings (SSSR count). The molecule has 0 N–H and O–H groups in total. The van der Waals surface area contributed by atoms with E-state index in [2.05, 4.69) is 81.5 Å². The molecule has 0 aromatic rings. The highest BCUT2D eigenvalue weighted by molar-refractivity contribution is 5.71. The summed E-state index contributed by atoms with van der Waals surface area (Å²) in [6, 6.07) is 0. The summed E-state index contributed by atoms with van der Waals surface area (Å²) in [4.78, 5) is 38.6. The molecule has 0 radical (unpaired) electrons. The highest BCUT2D eigenvalue weighted by Crippen LogP contribution is 2.18. The van der Waals surface area contributed by atoms with Crippen LogP contribution in [0.15, 0.2) is 60.8 Å². The molecule has 6 nitrogen and oxygen atoms in total. The third kappa shape index (κ3) is 69.8. The lowest BCUT2D eigenvalue weighted by molar-refractivity contribution is -0.167. The summed E-state index contributed by atoms with van der Waals surface area (Å²) in [6.07, 6.45) is 92.4. The van der Waals surface area contributed by atoms with E-state index in [-0.39, 0.29) is 31.1 Å². The Bertz CT molecular complexity index is 1470. The number of allylic oxidation sites excluding steroid dienone is 10. The molecule has 0 aromatic heterocycles. The normalized spacial score (nSPS) is 12.4. The topological polar surface area (TPSA) is 78.9 Å². The molecule has 1 atom stereocenters. The molecule has 83 heavy (non-hydrogen) atoms. The largest absolute Gasteiger partial charge is 0.462 e. The van der Waals surface area contributed by atoms with Crippen LogP contribution in [0.4, 0.5) is 0 Å². The zero-order valence-corrected chi connectivity index (χ0v) is 55.7. The van der Waals surface area contributed by atoms with Crippen LogP contribution in [-0.4, -0.2) is 37.2 Å². The lowest BCUT2D eigenvalue weighted by Crippen LogP contribution is -2.30. The first kappa shape index (κ1) is 80.1. The fourth-order valence-electron chi connectivity index (χ4n) is 11.0. The molecule has 0 heterocycles. The molecule has 0 bridgehead atoms. The maximum Gasteiger partial charge on any atom is 0.306 e. The van der Waals surface area contributed by atoms with Gasteiger partial charge in [-0.25, -0.2) is 0 Å². The third-order valence-corrected chi connectivity index (χ3v) is 16.5. The van der Waals surface area contributed by atoms with E-state index in [4.69, 9.17) is 14.2 Å². The Labute approximate surface area is 517 Å². The fraction of sp³-hybridized carbons (Fsp3) is 0.831. The zero-order chi connectivity index (χ0) is 59.9. The summed E-state index contributed by atoms with van der Waals surface area (Å²) in [5, 5.41) is 0. The zero-order valence-electron chi connectivity index (χ0n) is 55.7.